The summed E-state index contributed by atoms with van der Waals surface area (Å²) in [6, 6.07) is 9.89. The number of hydrogen-bond acceptors (Lipinski definition) is 4. The highest BCUT2D eigenvalue weighted by molar-refractivity contribution is 7.16. The molecule has 4 aromatic rings. The average molecular weight is 376 g/mol. The Kier molecular flexibility index (Phi) is 4.28. The van der Waals surface area contributed by atoms with E-state index in [1.165, 1.54) is 16.7 Å². The van der Waals surface area contributed by atoms with Crippen LogP contribution in [0.1, 0.15) is 27.0 Å². The number of aryl methyl sites for hydroxylation is 3. The lowest BCUT2D eigenvalue weighted by Gasteiger charge is -2.12. The van der Waals surface area contributed by atoms with Crippen molar-refractivity contribution in [3.05, 3.63) is 64.3 Å². The van der Waals surface area contributed by atoms with Crippen LogP contribution in [0.4, 0.5) is 5.95 Å². The van der Waals surface area contributed by atoms with Crippen molar-refractivity contribution in [1.82, 2.24) is 14.5 Å². The monoisotopic (exact) mass is 376 g/mol. The first-order valence-electron chi connectivity index (χ1n) is 8.68. The highest BCUT2D eigenvalue weighted by atomic mass is 32.1. The summed E-state index contributed by atoms with van der Waals surface area (Å²) in [6.45, 7) is 6.31. The topological polar surface area (TPSA) is 59.8 Å². The molecule has 136 valence electrons. The van der Waals surface area contributed by atoms with Gasteiger partial charge in [0.05, 0.1) is 27.6 Å². The minimum atomic E-state index is -0.193. The number of imidazole rings is 1. The molecule has 2 aromatic heterocycles. The Morgan fingerprint density at radius 3 is 2.63 bits per heavy atom. The third-order valence-electron chi connectivity index (χ3n) is 4.92. The van der Waals surface area contributed by atoms with Crippen LogP contribution in [0.5, 0.6) is 0 Å². The molecule has 0 aliphatic carbocycles. The van der Waals surface area contributed by atoms with Crippen molar-refractivity contribution < 1.29 is 4.79 Å². The molecule has 6 heteroatoms. The van der Waals surface area contributed by atoms with E-state index < -0.39 is 0 Å². The Hall–Kier alpha value is -2.99. The second kappa shape index (κ2) is 6.63. The lowest BCUT2D eigenvalue weighted by molar-refractivity contribution is 0.102. The molecule has 1 amide bonds. The third kappa shape index (κ3) is 3.13. The summed E-state index contributed by atoms with van der Waals surface area (Å²) in [4.78, 5) is 21.3. The number of rotatable bonds is 3. The fraction of sp³-hybridized carbons (Fsp3) is 0.190. The molecule has 0 unspecified atom stereocenters. The molecular formula is C21H20N4OS. The number of nitrogens with one attached hydrogen (secondary N) is 1. The van der Waals surface area contributed by atoms with Crippen LogP contribution in [-0.2, 0) is 7.05 Å². The summed E-state index contributed by atoms with van der Waals surface area (Å²) in [6.07, 6.45) is 1.80. The Labute approximate surface area is 161 Å². The largest absolute Gasteiger partial charge is 0.313 e. The van der Waals surface area contributed by atoms with Crippen molar-refractivity contribution in [3.8, 4) is 11.3 Å². The van der Waals surface area contributed by atoms with Crippen molar-refractivity contribution >= 4 is 33.4 Å². The fourth-order valence-corrected chi connectivity index (χ4v) is 3.84. The summed E-state index contributed by atoms with van der Waals surface area (Å²) in [5.41, 5.74) is 8.97. The summed E-state index contributed by atoms with van der Waals surface area (Å²) in [5.74, 6) is 0.327. The zero-order valence-corrected chi connectivity index (χ0v) is 16.5. The highest BCUT2D eigenvalue weighted by Crippen LogP contribution is 2.28. The summed E-state index contributed by atoms with van der Waals surface area (Å²) >= 11 is 1.56. The maximum Gasteiger partial charge on any atom is 0.258 e. The maximum absolute atomic E-state index is 12.7. The lowest BCUT2D eigenvalue weighted by atomic mass is 9.99. The molecule has 4 rings (SSSR count). The Bertz CT molecular complexity index is 1170. The predicted octanol–water partition coefficient (Wildman–Crippen LogP) is 4.87. The van der Waals surface area contributed by atoms with Crippen molar-refractivity contribution in [2.75, 3.05) is 5.32 Å². The molecule has 2 heterocycles. The van der Waals surface area contributed by atoms with E-state index in [4.69, 9.17) is 0 Å². The number of benzene rings is 2. The van der Waals surface area contributed by atoms with Gasteiger partial charge in [0, 0.05) is 18.2 Å². The smallest absolute Gasteiger partial charge is 0.258 e. The molecule has 0 radical (unpaired) electrons. The molecule has 5 nitrogen and oxygen atoms in total. The number of anilines is 1. The Morgan fingerprint density at radius 1 is 1.04 bits per heavy atom. The fourth-order valence-electron chi connectivity index (χ4n) is 3.19. The van der Waals surface area contributed by atoms with Gasteiger partial charge < -0.3 is 4.57 Å². The first-order chi connectivity index (χ1) is 12.9. The van der Waals surface area contributed by atoms with Crippen molar-refractivity contribution in [3.63, 3.8) is 0 Å². The molecule has 0 fully saturated rings. The van der Waals surface area contributed by atoms with Crippen LogP contribution in [0.3, 0.4) is 0 Å². The number of carbonyl (C=O) groups excluding carboxylic acids is 1. The third-order valence-corrected chi connectivity index (χ3v) is 5.73. The van der Waals surface area contributed by atoms with Crippen molar-refractivity contribution in [2.45, 2.75) is 20.8 Å². The van der Waals surface area contributed by atoms with Gasteiger partial charge >= 0.3 is 0 Å². The molecule has 27 heavy (non-hydrogen) atoms. The highest BCUT2D eigenvalue weighted by Gasteiger charge is 2.15. The van der Waals surface area contributed by atoms with Crippen LogP contribution in [0.25, 0.3) is 21.5 Å². The van der Waals surface area contributed by atoms with Crippen molar-refractivity contribution in [2.24, 2.45) is 7.05 Å². The number of thiazole rings is 1. The van der Waals surface area contributed by atoms with E-state index in [-0.39, 0.29) is 5.91 Å². The molecule has 2 aromatic carbocycles. The number of hydrogen-bond donors (Lipinski definition) is 1. The van der Waals surface area contributed by atoms with E-state index in [1.807, 2.05) is 23.7 Å². The number of aromatic nitrogens is 3. The van der Waals surface area contributed by atoms with Gasteiger partial charge in [-0.1, -0.05) is 6.07 Å². The molecule has 0 spiro atoms. The van der Waals surface area contributed by atoms with Gasteiger partial charge in [-0.05, 0) is 61.7 Å². The maximum atomic E-state index is 12.7. The summed E-state index contributed by atoms with van der Waals surface area (Å²) < 4.78 is 2.98. The SMILES string of the molecule is Cc1cc(C)c(-c2cnc(NC(=O)c3ccc4scnc4c3)n2C)cc1C. The van der Waals surface area contributed by atoms with Crippen LogP contribution in [0.2, 0.25) is 0 Å². The predicted molar refractivity (Wildman–Crippen MR) is 110 cm³/mol. The van der Waals surface area contributed by atoms with Crippen LogP contribution < -0.4 is 5.32 Å². The molecule has 0 bridgehead atoms. The van der Waals surface area contributed by atoms with Gasteiger partial charge in [-0.25, -0.2) is 9.97 Å². The second-order valence-electron chi connectivity index (χ2n) is 6.77. The van der Waals surface area contributed by atoms with Gasteiger partial charge in [0.2, 0.25) is 5.95 Å². The zero-order valence-electron chi connectivity index (χ0n) is 15.7. The van der Waals surface area contributed by atoms with Crippen LogP contribution >= 0.6 is 11.3 Å². The second-order valence-corrected chi connectivity index (χ2v) is 7.65. The summed E-state index contributed by atoms with van der Waals surface area (Å²) in [7, 11) is 1.91. The molecular weight excluding hydrogens is 356 g/mol. The van der Waals surface area contributed by atoms with E-state index >= 15 is 0 Å². The first kappa shape index (κ1) is 17.4. The molecule has 0 aliphatic heterocycles. The minimum absolute atomic E-state index is 0.193. The van der Waals surface area contributed by atoms with Crippen LogP contribution in [0.15, 0.2) is 42.0 Å². The van der Waals surface area contributed by atoms with E-state index in [0.717, 1.165) is 21.5 Å². The molecule has 0 saturated carbocycles. The van der Waals surface area contributed by atoms with Gasteiger partial charge in [-0.3, -0.25) is 10.1 Å². The first-order valence-corrected chi connectivity index (χ1v) is 9.56. The van der Waals surface area contributed by atoms with Gasteiger partial charge in [-0.2, -0.15) is 0 Å². The molecule has 1 N–H and O–H groups in total. The van der Waals surface area contributed by atoms with Gasteiger partial charge in [0.25, 0.3) is 5.91 Å². The number of carbonyl (C=O) groups is 1. The van der Waals surface area contributed by atoms with Crippen LogP contribution in [0, 0.1) is 20.8 Å². The van der Waals surface area contributed by atoms with E-state index in [9.17, 15) is 4.79 Å². The average Bonchev–Trinajstić information content (AvgIpc) is 3.25. The number of amides is 1. The number of fused-ring (bicyclic) bond motifs is 1. The van der Waals surface area contributed by atoms with E-state index in [0.29, 0.717) is 11.5 Å². The molecule has 0 atom stereocenters. The van der Waals surface area contributed by atoms with E-state index in [1.54, 1.807) is 29.1 Å². The van der Waals surface area contributed by atoms with Crippen molar-refractivity contribution in [1.29, 1.82) is 0 Å². The molecule has 0 saturated heterocycles. The van der Waals surface area contributed by atoms with Gasteiger partial charge in [-0.15, -0.1) is 11.3 Å². The van der Waals surface area contributed by atoms with Gasteiger partial charge in [0.1, 0.15) is 0 Å². The van der Waals surface area contributed by atoms with E-state index in [2.05, 4.69) is 48.2 Å². The zero-order chi connectivity index (χ0) is 19.1. The standard InChI is InChI=1S/C21H20N4OS/c1-12-7-14(3)16(8-13(12)2)18-10-22-21(25(18)4)24-20(26)15-5-6-19-17(9-15)23-11-27-19/h5-11H,1-4H3,(H,22,24,26). The van der Waals surface area contributed by atoms with Gasteiger partial charge in [0.15, 0.2) is 0 Å². The minimum Gasteiger partial charge on any atom is -0.313 e. The van der Waals surface area contributed by atoms with Crippen LogP contribution in [-0.4, -0.2) is 20.4 Å². The summed E-state index contributed by atoms with van der Waals surface area (Å²) in [5, 5.41) is 2.91. The molecule has 0 aliphatic rings. The lowest BCUT2D eigenvalue weighted by Crippen LogP contribution is -2.15. The Morgan fingerprint density at radius 2 is 1.81 bits per heavy atom. The number of nitrogens with zero attached hydrogens (tertiary/aromatic N) is 3. The Balaban J connectivity index is 1.64. The normalized spacial score (nSPS) is 11.1. The quantitative estimate of drug-likeness (QED) is 0.555.